The molecule has 3 unspecified atom stereocenters. The standard InChI is InChI=1S/5C7H11F3O2/c1-5(7(8,9)10)3-4-12-6(2)11;1-6(11)12-5-3-2-4-7(8,9)10;1-3-6(7(8,9)10)4-12-5(2)11;1-3-4-6(7(8,9)10)12-5(2)11;1-2-3-4-12-6(11)5-7(8,9)10/h5H,3-4H2,1-2H3;2-5H2,1H3;2*6H,3-4H2,1-2H3;2-5H2,1H3. The van der Waals surface area contributed by atoms with Gasteiger partial charge in [0, 0.05) is 34.1 Å². The molecule has 0 aromatic rings. The van der Waals surface area contributed by atoms with Crippen LogP contribution < -0.4 is 0 Å². The van der Waals surface area contributed by atoms with Crippen LogP contribution in [0.1, 0.15) is 120 Å². The van der Waals surface area contributed by atoms with Crippen molar-refractivity contribution in [3.63, 3.8) is 0 Å². The van der Waals surface area contributed by atoms with E-state index in [2.05, 4.69) is 23.7 Å². The minimum Gasteiger partial charge on any atom is -0.466 e. The van der Waals surface area contributed by atoms with Gasteiger partial charge in [-0.15, -0.1) is 0 Å². The van der Waals surface area contributed by atoms with E-state index < -0.39 is 98.1 Å². The second-order valence-corrected chi connectivity index (χ2v) is 12.2. The summed E-state index contributed by atoms with van der Waals surface area (Å²) >= 11 is 0. The maximum absolute atomic E-state index is 12.0. The second kappa shape index (κ2) is 34.0. The van der Waals surface area contributed by atoms with Crippen molar-refractivity contribution in [3.05, 3.63) is 0 Å². The number of carbonyl (C=O) groups is 5. The van der Waals surface area contributed by atoms with Gasteiger partial charge < -0.3 is 23.7 Å². The zero-order valence-electron chi connectivity index (χ0n) is 34.4. The SMILES string of the molecule is CC(=O)OCCC(C)C(F)(F)F.CC(=O)OCCCCC(F)(F)F.CCC(COC(C)=O)C(F)(F)F.CCCC(OC(C)=O)C(F)(F)F.CCCCOC(=O)CC(F)(F)F. The smallest absolute Gasteiger partial charge is 0.425 e. The first-order chi connectivity index (χ1) is 27.0. The van der Waals surface area contributed by atoms with Gasteiger partial charge in [0.05, 0.1) is 31.7 Å². The van der Waals surface area contributed by atoms with Crippen LogP contribution in [0.15, 0.2) is 0 Å². The number of rotatable bonds is 17. The van der Waals surface area contributed by atoms with Crippen molar-refractivity contribution < 1.29 is 114 Å². The third-order valence-corrected chi connectivity index (χ3v) is 6.35. The Morgan fingerprint density at radius 3 is 1.30 bits per heavy atom. The molecule has 0 saturated carbocycles. The first kappa shape index (κ1) is 65.4. The summed E-state index contributed by atoms with van der Waals surface area (Å²) in [7, 11) is 0. The molecule has 0 aliphatic rings. The van der Waals surface area contributed by atoms with Crippen LogP contribution in [-0.4, -0.2) is 93.3 Å². The molecule has 0 radical (unpaired) electrons. The van der Waals surface area contributed by atoms with Crippen LogP contribution in [0.5, 0.6) is 0 Å². The fourth-order valence-corrected chi connectivity index (χ4v) is 3.15. The van der Waals surface area contributed by atoms with Gasteiger partial charge in [-0.2, -0.15) is 65.9 Å². The highest BCUT2D eigenvalue weighted by atomic mass is 19.4. The summed E-state index contributed by atoms with van der Waals surface area (Å²) in [4.78, 5) is 51.2. The number of alkyl halides is 15. The molecule has 0 aromatic heterocycles. The zero-order valence-corrected chi connectivity index (χ0v) is 34.4. The summed E-state index contributed by atoms with van der Waals surface area (Å²) in [6.07, 6.45) is -24.1. The number of carbonyl (C=O) groups excluding carboxylic acids is 5. The van der Waals surface area contributed by atoms with Crippen LogP contribution in [0.2, 0.25) is 0 Å². The van der Waals surface area contributed by atoms with Gasteiger partial charge in [0.2, 0.25) is 0 Å². The highest BCUT2D eigenvalue weighted by Crippen LogP contribution is 2.30. The van der Waals surface area contributed by atoms with E-state index in [9.17, 15) is 89.8 Å². The number of ether oxygens (including phenoxy) is 5. The van der Waals surface area contributed by atoms with E-state index in [-0.39, 0.29) is 51.9 Å². The van der Waals surface area contributed by atoms with Gasteiger partial charge >= 0.3 is 60.7 Å². The van der Waals surface area contributed by atoms with Crippen molar-refractivity contribution in [2.45, 2.75) is 157 Å². The Kier molecular flexibility index (Phi) is 37.0. The molecule has 0 spiro atoms. The van der Waals surface area contributed by atoms with Gasteiger partial charge in [0.15, 0.2) is 6.10 Å². The van der Waals surface area contributed by atoms with E-state index in [1.54, 1.807) is 6.92 Å². The fraction of sp³-hybridized carbons (Fsp3) is 0.857. The normalized spacial score (nSPS) is 13.0. The van der Waals surface area contributed by atoms with Crippen molar-refractivity contribution in [2.24, 2.45) is 11.8 Å². The van der Waals surface area contributed by atoms with Crippen molar-refractivity contribution in [3.8, 4) is 0 Å². The Balaban J connectivity index is -0.000000210. The van der Waals surface area contributed by atoms with Crippen LogP contribution in [0.3, 0.4) is 0 Å². The van der Waals surface area contributed by atoms with Crippen molar-refractivity contribution in [2.75, 3.05) is 26.4 Å². The van der Waals surface area contributed by atoms with E-state index in [4.69, 9.17) is 0 Å². The third kappa shape index (κ3) is 54.3. The van der Waals surface area contributed by atoms with Crippen molar-refractivity contribution in [1.82, 2.24) is 0 Å². The first-order valence-electron chi connectivity index (χ1n) is 18.0. The van der Waals surface area contributed by atoms with Crippen LogP contribution in [0, 0.1) is 11.8 Å². The molecule has 0 N–H and O–H groups in total. The third-order valence-electron chi connectivity index (χ3n) is 6.35. The fourth-order valence-electron chi connectivity index (χ4n) is 3.15. The lowest BCUT2D eigenvalue weighted by atomic mass is 10.1. The molecular formula is C35H55F15O10. The van der Waals surface area contributed by atoms with Gasteiger partial charge in [0.1, 0.15) is 13.0 Å². The van der Waals surface area contributed by atoms with Gasteiger partial charge in [-0.25, -0.2) is 0 Å². The molecule has 0 saturated heterocycles. The summed E-state index contributed by atoms with van der Waals surface area (Å²) in [5.74, 6) is -6.75. The maximum Gasteiger partial charge on any atom is 0.425 e. The summed E-state index contributed by atoms with van der Waals surface area (Å²) in [5, 5.41) is 0. The lowest BCUT2D eigenvalue weighted by Gasteiger charge is -2.18. The Labute approximate surface area is 338 Å². The quantitative estimate of drug-likeness (QED) is 0.0601. The van der Waals surface area contributed by atoms with E-state index in [0.717, 1.165) is 34.1 Å². The number of esters is 5. The summed E-state index contributed by atoms with van der Waals surface area (Å²) in [5.41, 5.74) is 0. The van der Waals surface area contributed by atoms with Crippen LogP contribution in [0.25, 0.3) is 0 Å². The lowest BCUT2D eigenvalue weighted by Crippen LogP contribution is -2.32. The maximum atomic E-state index is 12.0. The van der Waals surface area contributed by atoms with E-state index in [1.807, 2.05) is 6.92 Å². The van der Waals surface area contributed by atoms with Gasteiger partial charge in [-0.05, 0) is 38.5 Å². The molecule has 60 heavy (non-hydrogen) atoms. The topological polar surface area (TPSA) is 132 Å². The van der Waals surface area contributed by atoms with Gasteiger partial charge in [-0.3, -0.25) is 24.0 Å². The molecule has 25 heteroatoms. The van der Waals surface area contributed by atoms with Crippen molar-refractivity contribution in [1.29, 1.82) is 0 Å². The Morgan fingerprint density at radius 2 is 0.967 bits per heavy atom. The lowest BCUT2D eigenvalue weighted by molar-refractivity contribution is -0.221. The highest BCUT2D eigenvalue weighted by Gasteiger charge is 2.41. The number of hydrogen-bond acceptors (Lipinski definition) is 10. The predicted octanol–water partition coefficient (Wildman–Crippen LogP) is 11.1. The number of halogens is 15. The second-order valence-electron chi connectivity index (χ2n) is 12.2. The number of unbranched alkanes of at least 4 members (excludes halogenated alkanes) is 2. The first-order valence-corrected chi connectivity index (χ1v) is 18.0. The molecule has 0 heterocycles. The molecule has 0 rings (SSSR count). The molecule has 0 aliphatic carbocycles. The Hall–Kier alpha value is -3.70. The monoisotopic (exact) mass is 920 g/mol. The molecule has 0 aliphatic heterocycles. The van der Waals surface area contributed by atoms with Crippen LogP contribution in [-0.2, 0) is 47.7 Å². The average molecular weight is 921 g/mol. The number of hydrogen-bond donors (Lipinski definition) is 0. The molecule has 0 aromatic carbocycles. The minimum absolute atomic E-state index is 0.0107. The molecule has 10 nitrogen and oxygen atoms in total. The molecule has 0 amide bonds. The zero-order chi connectivity index (χ0) is 48.6. The predicted molar refractivity (Wildman–Crippen MR) is 183 cm³/mol. The van der Waals surface area contributed by atoms with Gasteiger partial charge in [0.25, 0.3) is 0 Å². The summed E-state index contributed by atoms with van der Waals surface area (Å²) in [6.45, 7) is 9.77. The average Bonchev–Trinajstić information content (AvgIpc) is 3.02. The Bertz CT molecular complexity index is 1150. The summed E-state index contributed by atoms with van der Waals surface area (Å²) in [6, 6.07) is 0. The van der Waals surface area contributed by atoms with Gasteiger partial charge in [-0.1, -0.05) is 40.5 Å². The summed E-state index contributed by atoms with van der Waals surface area (Å²) < 4.78 is 198. The Morgan fingerprint density at radius 1 is 0.500 bits per heavy atom. The van der Waals surface area contributed by atoms with E-state index in [1.165, 1.54) is 13.8 Å². The molecule has 0 bridgehead atoms. The van der Waals surface area contributed by atoms with E-state index in [0.29, 0.717) is 12.8 Å². The van der Waals surface area contributed by atoms with Crippen LogP contribution in [0.4, 0.5) is 65.9 Å². The van der Waals surface area contributed by atoms with Crippen LogP contribution >= 0.6 is 0 Å². The molecular weight excluding hydrogens is 865 g/mol. The van der Waals surface area contributed by atoms with E-state index >= 15 is 0 Å². The molecule has 360 valence electrons. The highest BCUT2D eigenvalue weighted by molar-refractivity contribution is 5.70. The molecule has 0 fully saturated rings. The van der Waals surface area contributed by atoms with Crippen molar-refractivity contribution >= 4 is 29.8 Å². The minimum atomic E-state index is -4.46. The molecule has 3 atom stereocenters. The largest absolute Gasteiger partial charge is 0.466 e.